The summed E-state index contributed by atoms with van der Waals surface area (Å²) in [6, 6.07) is 20.0. The maximum Gasteiger partial charge on any atom is 0.248 e. The van der Waals surface area contributed by atoms with Crippen molar-refractivity contribution in [2.45, 2.75) is 0 Å². The van der Waals surface area contributed by atoms with Gasteiger partial charge in [0.25, 0.3) is 0 Å². The minimum absolute atomic E-state index is 0.229. The van der Waals surface area contributed by atoms with Crippen molar-refractivity contribution in [3.63, 3.8) is 0 Å². The molecule has 0 saturated carbocycles. The summed E-state index contributed by atoms with van der Waals surface area (Å²) in [6.07, 6.45) is 3.24. The van der Waals surface area contributed by atoms with Gasteiger partial charge in [-0.2, -0.15) is 0 Å². The van der Waals surface area contributed by atoms with Crippen molar-refractivity contribution >= 4 is 52.0 Å². The number of benzene rings is 3. The first kappa shape index (κ1) is 18.3. The molecule has 138 valence electrons. The highest BCUT2D eigenvalue weighted by molar-refractivity contribution is 6.36. The van der Waals surface area contributed by atoms with Crippen LogP contribution in [0.5, 0.6) is 0 Å². The van der Waals surface area contributed by atoms with E-state index in [9.17, 15) is 4.79 Å². The van der Waals surface area contributed by atoms with Crippen LogP contribution in [0.2, 0.25) is 10.0 Å². The van der Waals surface area contributed by atoms with Crippen LogP contribution in [-0.2, 0) is 4.79 Å². The minimum atomic E-state index is -0.229. The second-order valence-corrected chi connectivity index (χ2v) is 6.90. The van der Waals surface area contributed by atoms with E-state index in [1.54, 1.807) is 42.5 Å². The number of rotatable bonds is 4. The number of anilines is 1. The van der Waals surface area contributed by atoms with Crippen LogP contribution in [0.25, 0.3) is 28.6 Å². The van der Waals surface area contributed by atoms with Crippen LogP contribution in [0, 0.1) is 0 Å². The molecule has 1 amide bonds. The van der Waals surface area contributed by atoms with E-state index in [1.807, 2.05) is 30.3 Å². The summed E-state index contributed by atoms with van der Waals surface area (Å²) in [5.41, 5.74) is 3.44. The summed E-state index contributed by atoms with van der Waals surface area (Å²) in [4.78, 5) is 16.6. The second kappa shape index (κ2) is 7.89. The third kappa shape index (κ3) is 4.09. The highest BCUT2D eigenvalue weighted by Crippen LogP contribution is 2.32. The van der Waals surface area contributed by atoms with E-state index in [0.717, 1.165) is 5.56 Å². The van der Waals surface area contributed by atoms with Crippen LogP contribution in [0.15, 0.2) is 77.2 Å². The Morgan fingerprint density at radius 3 is 2.61 bits per heavy atom. The number of halogens is 2. The van der Waals surface area contributed by atoms with Gasteiger partial charge in [0.2, 0.25) is 11.8 Å². The standard InChI is InChI=1S/C22H14Cl2N2O2/c23-15-7-9-17(18(24)12-15)22-26-19-13-16(8-10-20(19)28-22)25-21(27)11-6-14-4-2-1-3-5-14/h1-13H,(H,25,27). The third-order valence-corrected chi connectivity index (χ3v) is 4.59. The Morgan fingerprint density at radius 1 is 1.00 bits per heavy atom. The first-order valence-corrected chi connectivity index (χ1v) is 9.24. The number of oxazole rings is 1. The van der Waals surface area contributed by atoms with Gasteiger partial charge in [0, 0.05) is 16.8 Å². The van der Waals surface area contributed by atoms with Gasteiger partial charge in [-0.3, -0.25) is 4.79 Å². The summed E-state index contributed by atoms with van der Waals surface area (Å²) in [5, 5.41) is 3.82. The number of amides is 1. The highest BCUT2D eigenvalue weighted by atomic mass is 35.5. The van der Waals surface area contributed by atoms with Gasteiger partial charge in [-0.05, 0) is 48.0 Å². The molecular weight excluding hydrogens is 395 g/mol. The van der Waals surface area contributed by atoms with Gasteiger partial charge < -0.3 is 9.73 Å². The Balaban J connectivity index is 1.55. The van der Waals surface area contributed by atoms with Crippen LogP contribution in [0.3, 0.4) is 0 Å². The maximum atomic E-state index is 12.2. The quantitative estimate of drug-likeness (QED) is 0.394. The van der Waals surface area contributed by atoms with Crippen molar-refractivity contribution in [1.29, 1.82) is 0 Å². The third-order valence-electron chi connectivity index (χ3n) is 4.04. The second-order valence-electron chi connectivity index (χ2n) is 6.06. The van der Waals surface area contributed by atoms with E-state index in [4.69, 9.17) is 27.6 Å². The van der Waals surface area contributed by atoms with E-state index in [1.165, 1.54) is 6.08 Å². The zero-order valence-electron chi connectivity index (χ0n) is 14.5. The van der Waals surface area contributed by atoms with Gasteiger partial charge in [0.05, 0.1) is 10.6 Å². The topological polar surface area (TPSA) is 55.1 Å². The van der Waals surface area contributed by atoms with Crippen LogP contribution >= 0.6 is 23.2 Å². The van der Waals surface area contributed by atoms with Gasteiger partial charge in [0.15, 0.2) is 5.58 Å². The zero-order chi connectivity index (χ0) is 19.5. The number of carbonyl (C=O) groups excluding carboxylic acids is 1. The van der Waals surface area contributed by atoms with Gasteiger partial charge in [0.1, 0.15) is 5.52 Å². The molecule has 0 unspecified atom stereocenters. The summed E-state index contributed by atoms with van der Waals surface area (Å²) in [5.74, 6) is 0.164. The molecule has 0 spiro atoms. The molecule has 0 fully saturated rings. The number of nitrogens with one attached hydrogen (secondary N) is 1. The normalized spacial score (nSPS) is 11.2. The van der Waals surface area contributed by atoms with Crippen molar-refractivity contribution < 1.29 is 9.21 Å². The summed E-state index contributed by atoms with van der Waals surface area (Å²) in [6.45, 7) is 0. The molecule has 0 aliphatic carbocycles. The lowest BCUT2D eigenvalue weighted by atomic mass is 10.2. The molecular formula is C22H14Cl2N2O2. The Hall–Kier alpha value is -3.08. The van der Waals surface area contributed by atoms with Gasteiger partial charge >= 0.3 is 0 Å². The molecule has 1 N–H and O–H groups in total. The Labute approximate surface area is 171 Å². The number of carbonyl (C=O) groups is 1. The van der Waals surface area contributed by atoms with E-state index in [-0.39, 0.29) is 5.91 Å². The predicted molar refractivity (Wildman–Crippen MR) is 114 cm³/mol. The van der Waals surface area contributed by atoms with Crippen LogP contribution < -0.4 is 5.32 Å². The molecule has 6 heteroatoms. The van der Waals surface area contributed by atoms with Crippen molar-refractivity contribution in [1.82, 2.24) is 4.98 Å². The number of fused-ring (bicyclic) bond motifs is 1. The molecule has 0 radical (unpaired) electrons. The Kier molecular flexibility index (Phi) is 5.15. The average Bonchev–Trinajstić information content (AvgIpc) is 3.10. The Bertz CT molecular complexity index is 1180. The van der Waals surface area contributed by atoms with Crippen LogP contribution in [0.1, 0.15) is 5.56 Å². The molecule has 4 rings (SSSR count). The fourth-order valence-electron chi connectivity index (χ4n) is 2.70. The molecule has 0 aliphatic rings. The molecule has 0 atom stereocenters. The van der Waals surface area contributed by atoms with E-state index >= 15 is 0 Å². The molecule has 3 aromatic carbocycles. The predicted octanol–water partition coefficient (Wildman–Crippen LogP) is 6.45. The number of aromatic nitrogens is 1. The van der Waals surface area contributed by atoms with Crippen molar-refractivity contribution in [2.24, 2.45) is 0 Å². The minimum Gasteiger partial charge on any atom is -0.436 e. The lowest BCUT2D eigenvalue weighted by molar-refractivity contribution is -0.111. The fourth-order valence-corrected chi connectivity index (χ4v) is 3.19. The summed E-state index contributed by atoms with van der Waals surface area (Å²) in [7, 11) is 0. The van der Waals surface area contributed by atoms with Gasteiger partial charge in [-0.15, -0.1) is 0 Å². The summed E-state index contributed by atoms with van der Waals surface area (Å²) >= 11 is 12.2. The lowest BCUT2D eigenvalue weighted by Gasteiger charge is -2.01. The number of nitrogens with zero attached hydrogens (tertiary/aromatic N) is 1. The number of hydrogen-bond acceptors (Lipinski definition) is 3. The fraction of sp³-hybridized carbons (Fsp3) is 0. The van der Waals surface area contributed by atoms with Gasteiger partial charge in [-0.25, -0.2) is 4.98 Å². The molecule has 0 aliphatic heterocycles. The number of hydrogen-bond donors (Lipinski definition) is 1. The van der Waals surface area contributed by atoms with E-state index < -0.39 is 0 Å². The lowest BCUT2D eigenvalue weighted by Crippen LogP contribution is -2.07. The van der Waals surface area contributed by atoms with Crippen LogP contribution in [-0.4, -0.2) is 10.9 Å². The molecule has 1 heterocycles. The molecule has 0 bridgehead atoms. The van der Waals surface area contributed by atoms with Crippen LogP contribution in [0.4, 0.5) is 5.69 Å². The molecule has 1 aromatic heterocycles. The molecule has 28 heavy (non-hydrogen) atoms. The zero-order valence-corrected chi connectivity index (χ0v) is 16.0. The van der Waals surface area contributed by atoms with Gasteiger partial charge in [-0.1, -0.05) is 53.5 Å². The monoisotopic (exact) mass is 408 g/mol. The van der Waals surface area contributed by atoms with Crippen molar-refractivity contribution in [2.75, 3.05) is 5.32 Å². The SMILES string of the molecule is O=C(C=Cc1ccccc1)Nc1ccc2oc(-c3ccc(Cl)cc3Cl)nc2c1. The molecule has 4 aromatic rings. The smallest absolute Gasteiger partial charge is 0.248 e. The van der Waals surface area contributed by atoms with Crippen molar-refractivity contribution in [3.8, 4) is 11.5 Å². The maximum absolute atomic E-state index is 12.2. The van der Waals surface area contributed by atoms with E-state index in [0.29, 0.717) is 38.3 Å². The first-order valence-electron chi connectivity index (χ1n) is 8.48. The van der Waals surface area contributed by atoms with Crippen molar-refractivity contribution in [3.05, 3.63) is 88.4 Å². The van der Waals surface area contributed by atoms with E-state index in [2.05, 4.69) is 10.3 Å². The average molecular weight is 409 g/mol. The molecule has 4 nitrogen and oxygen atoms in total. The molecule has 0 saturated heterocycles. The highest BCUT2D eigenvalue weighted by Gasteiger charge is 2.12. The summed E-state index contributed by atoms with van der Waals surface area (Å²) < 4.78 is 5.77. The Morgan fingerprint density at radius 2 is 1.82 bits per heavy atom. The largest absolute Gasteiger partial charge is 0.436 e. The first-order chi connectivity index (χ1) is 13.6.